The molecule has 176 valence electrons. The number of hydrogen-bond acceptors (Lipinski definition) is 9. The molecule has 0 aromatic carbocycles. The minimum atomic E-state index is -1.19. The molecule has 1 aliphatic heterocycles. The predicted molar refractivity (Wildman–Crippen MR) is 113 cm³/mol. The molecule has 1 aliphatic rings. The van der Waals surface area contributed by atoms with Crippen molar-refractivity contribution in [2.24, 2.45) is 11.8 Å². The molecule has 0 radical (unpaired) electrons. The Kier molecular flexibility index (Phi) is 12.6. The number of carboxylic acid groups (broad SMARTS) is 2. The van der Waals surface area contributed by atoms with E-state index >= 15 is 0 Å². The molecule has 3 heterocycles. The first kappa shape index (κ1) is 27.1. The fraction of sp³-hybridized carbons (Fsp3) is 0.429. The largest absolute Gasteiger partial charge is 0.478 e. The number of hydrogen-bond donors (Lipinski definition) is 7. The summed E-state index contributed by atoms with van der Waals surface area (Å²) < 4.78 is 0. The van der Waals surface area contributed by atoms with E-state index in [9.17, 15) is 9.59 Å². The Morgan fingerprint density at radius 3 is 1.59 bits per heavy atom. The first-order chi connectivity index (χ1) is 15.3. The van der Waals surface area contributed by atoms with Crippen LogP contribution in [0.5, 0.6) is 0 Å². The van der Waals surface area contributed by atoms with Gasteiger partial charge in [0.05, 0.1) is 24.3 Å². The third kappa shape index (κ3) is 9.90. The summed E-state index contributed by atoms with van der Waals surface area (Å²) in [6.07, 6.45) is 6.28. The third-order valence-corrected chi connectivity index (χ3v) is 4.50. The summed E-state index contributed by atoms with van der Waals surface area (Å²) in [7, 11) is 0. The maximum atomic E-state index is 10.3. The van der Waals surface area contributed by atoms with Crippen LogP contribution in [0.25, 0.3) is 0 Å². The van der Waals surface area contributed by atoms with E-state index in [-0.39, 0.29) is 37.6 Å². The number of carbonyl (C=O) groups is 2. The van der Waals surface area contributed by atoms with E-state index in [2.05, 4.69) is 15.3 Å². The fourth-order valence-electron chi connectivity index (χ4n) is 2.80. The maximum absolute atomic E-state index is 10.3. The van der Waals surface area contributed by atoms with E-state index in [4.69, 9.17) is 30.6 Å². The zero-order valence-corrected chi connectivity index (χ0v) is 17.5. The molecule has 0 spiro atoms. The van der Waals surface area contributed by atoms with Gasteiger partial charge in [-0.15, -0.1) is 0 Å². The number of aliphatic hydroxyl groups excluding tert-OH is 4. The number of piperidine rings is 1. The molecule has 0 saturated carbocycles. The molecule has 2 aromatic rings. The van der Waals surface area contributed by atoms with Crippen molar-refractivity contribution in [3.63, 3.8) is 0 Å². The van der Waals surface area contributed by atoms with Crippen molar-refractivity contribution in [1.29, 1.82) is 0 Å². The average molecular weight is 451 g/mol. The Morgan fingerprint density at radius 1 is 0.781 bits per heavy atom. The molecule has 32 heavy (non-hydrogen) atoms. The zero-order chi connectivity index (χ0) is 23.9. The van der Waals surface area contributed by atoms with E-state index in [1.807, 2.05) is 0 Å². The smallest absolute Gasteiger partial charge is 0.337 e. The van der Waals surface area contributed by atoms with Crippen LogP contribution in [0.3, 0.4) is 0 Å². The van der Waals surface area contributed by atoms with Gasteiger partial charge >= 0.3 is 11.9 Å². The summed E-state index contributed by atoms with van der Waals surface area (Å²) in [5.74, 6) is -1.67. The number of aliphatic hydroxyl groups is 4. The molecule has 3 rings (SSSR count). The molecular formula is C21H29N3O8. The minimum absolute atomic E-state index is 0.0269. The highest BCUT2D eigenvalue weighted by Gasteiger charge is 2.19. The molecule has 2 unspecified atom stereocenters. The summed E-state index contributed by atoms with van der Waals surface area (Å²) >= 11 is 0. The molecule has 7 N–H and O–H groups in total. The summed E-state index contributed by atoms with van der Waals surface area (Å²) in [5, 5.41) is 54.9. The molecule has 11 nitrogen and oxygen atoms in total. The van der Waals surface area contributed by atoms with E-state index in [0.29, 0.717) is 11.8 Å². The number of pyridine rings is 2. The van der Waals surface area contributed by atoms with Gasteiger partial charge in [-0.3, -0.25) is 9.97 Å². The van der Waals surface area contributed by atoms with E-state index in [0.717, 1.165) is 49.1 Å². The van der Waals surface area contributed by atoms with Gasteiger partial charge in [0.25, 0.3) is 0 Å². The highest BCUT2D eigenvalue weighted by Crippen LogP contribution is 2.14. The summed E-state index contributed by atoms with van der Waals surface area (Å²) in [4.78, 5) is 28.0. The van der Waals surface area contributed by atoms with E-state index in [1.165, 1.54) is 0 Å². The van der Waals surface area contributed by atoms with E-state index in [1.54, 1.807) is 18.5 Å². The molecule has 2 atom stereocenters. The van der Waals surface area contributed by atoms with Crippen molar-refractivity contribution < 1.29 is 40.2 Å². The van der Waals surface area contributed by atoms with Crippen LogP contribution in [0.15, 0.2) is 36.9 Å². The second-order valence-electron chi connectivity index (χ2n) is 7.08. The molecule has 1 saturated heterocycles. The van der Waals surface area contributed by atoms with Crippen LogP contribution in [-0.4, -0.2) is 78.8 Å². The fourth-order valence-corrected chi connectivity index (χ4v) is 2.80. The van der Waals surface area contributed by atoms with Crippen molar-refractivity contribution in [3.05, 3.63) is 59.2 Å². The Hall–Kier alpha value is -2.96. The third-order valence-electron chi connectivity index (χ3n) is 4.50. The van der Waals surface area contributed by atoms with Crippen LogP contribution in [0, 0.1) is 11.8 Å². The summed E-state index contributed by atoms with van der Waals surface area (Å²) in [5.41, 5.74) is 1.20. The molecule has 11 heteroatoms. The normalized spacial score (nSPS) is 17.2. The highest BCUT2D eigenvalue weighted by molar-refractivity contribution is 5.92. The number of aromatic carboxylic acids is 2. The van der Waals surface area contributed by atoms with Gasteiger partial charge in [0, 0.05) is 51.1 Å². The summed E-state index contributed by atoms with van der Waals surface area (Å²) in [6, 6.07) is 2.77. The van der Waals surface area contributed by atoms with Crippen LogP contribution in [0.4, 0.5) is 0 Å². The second kappa shape index (κ2) is 14.9. The van der Waals surface area contributed by atoms with Crippen LogP contribution in [0.1, 0.15) is 38.3 Å². The number of nitrogens with one attached hydrogen (secondary N) is 1. The Labute approximate surface area is 185 Å². The van der Waals surface area contributed by atoms with Crippen LogP contribution >= 0.6 is 0 Å². The predicted octanol–water partition coefficient (Wildman–Crippen LogP) is -0.259. The zero-order valence-electron chi connectivity index (χ0n) is 17.5. The highest BCUT2D eigenvalue weighted by atomic mass is 16.4. The number of aromatic nitrogens is 2. The molecule has 0 bridgehead atoms. The molecular weight excluding hydrogens is 422 g/mol. The monoisotopic (exact) mass is 451 g/mol. The van der Waals surface area contributed by atoms with Crippen LogP contribution < -0.4 is 5.32 Å². The van der Waals surface area contributed by atoms with Gasteiger partial charge in [-0.2, -0.15) is 0 Å². The van der Waals surface area contributed by atoms with Gasteiger partial charge in [-0.1, -0.05) is 0 Å². The lowest BCUT2D eigenvalue weighted by Crippen LogP contribution is -2.39. The van der Waals surface area contributed by atoms with Gasteiger partial charge < -0.3 is 36.0 Å². The van der Waals surface area contributed by atoms with Crippen LogP contribution in [-0.2, 0) is 13.2 Å². The minimum Gasteiger partial charge on any atom is -0.478 e. The Bertz CT molecular complexity index is 791. The van der Waals surface area contributed by atoms with Gasteiger partial charge in [-0.25, -0.2) is 9.59 Å². The molecule has 1 fully saturated rings. The number of carboxylic acids is 2. The SMILES string of the molecule is O=C(O)c1cncc(C(=O)O)c1.OCC1CNCC(CO)C1.OCc1cncc(CO)c1. The average Bonchev–Trinajstić information content (AvgIpc) is 2.84. The second-order valence-corrected chi connectivity index (χ2v) is 7.08. The lowest BCUT2D eigenvalue weighted by atomic mass is 9.92. The van der Waals surface area contributed by atoms with Gasteiger partial charge in [0.15, 0.2) is 0 Å². The Morgan fingerprint density at radius 2 is 1.22 bits per heavy atom. The van der Waals surface area contributed by atoms with Crippen molar-refractivity contribution in [2.75, 3.05) is 26.3 Å². The topological polar surface area (TPSA) is 193 Å². The molecule has 2 aromatic heterocycles. The van der Waals surface area contributed by atoms with E-state index < -0.39 is 11.9 Å². The first-order valence-corrected chi connectivity index (χ1v) is 9.83. The van der Waals surface area contributed by atoms with Crippen LogP contribution in [0.2, 0.25) is 0 Å². The van der Waals surface area contributed by atoms with Gasteiger partial charge in [0.1, 0.15) is 0 Å². The standard InChI is InChI=1S/C7H5NO4.C7H15NO2.C7H9NO2/c9-6(10)4-1-5(7(11)12)3-8-2-4;2*9-4-6-1-7(5-10)3-8-2-6/h1-3H,(H,9,10)(H,11,12);6-10H,1-5H2;1-3,9-10H,4-5H2. The van der Waals surface area contributed by atoms with Crippen molar-refractivity contribution >= 4 is 11.9 Å². The summed E-state index contributed by atoms with van der Waals surface area (Å²) in [6.45, 7) is 2.22. The quantitative estimate of drug-likeness (QED) is 0.306. The molecule has 0 aliphatic carbocycles. The first-order valence-electron chi connectivity index (χ1n) is 9.83. The lowest BCUT2D eigenvalue weighted by molar-refractivity contribution is 0.0696. The lowest BCUT2D eigenvalue weighted by Gasteiger charge is -2.27. The van der Waals surface area contributed by atoms with Gasteiger partial charge in [-0.05, 0) is 41.5 Å². The van der Waals surface area contributed by atoms with Crippen molar-refractivity contribution in [1.82, 2.24) is 15.3 Å². The number of rotatable bonds is 6. The van der Waals surface area contributed by atoms with Crippen molar-refractivity contribution in [2.45, 2.75) is 19.6 Å². The number of nitrogens with zero attached hydrogens (tertiary/aromatic N) is 2. The van der Waals surface area contributed by atoms with Gasteiger partial charge in [0.2, 0.25) is 0 Å². The Balaban J connectivity index is 0.000000241. The van der Waals surface area contributed by atoms with Crippen molar-refractivity contribution in [3.8, 4) is 0 Å². The molecule has 0 amide bonds. The maximum Gasteiger partial charge on any atom is 0.337 e.